The van der Waals surface area contributed by atoms with E-state index in [9.17, 15) is 4.79 Å². The summed E-state index contributed by atoms with van der Waals surface area (Å²) >= 11 is 0. The average Bonchev–Trinajstić information content (AvgIpc) is 2.53. The van der Waals surface area contributed by atoms with Crippen molar-refractivity contribution >= 4 is 16.9 Å². The van der Waals surface area contributed by atoms with E-state index >= 15 is 0 Å². The molecule has 3 rings (SSSR count). The van der Waals surface area contributed by atoms with Crippen molar-refractivity contribution in [2.75, 3.05) is 0 Å². The van der Waals surface area contributed by atoms with Crippen LogP contribution in [-0.4, -0.2) is 16.1 Å². The standard InChI is InChI=1S/C19H17NO2/c1-12(2)13-4-3-5-14(8-13)15-6-7-18-16(9-15)10-17(11-20-18)19(21)22/h3-12H,1-2H3,(H,21,22). The maximum atomic E-state index is 11.1. The van der Waals surface area contributed by atoms with Gasteiger partial charge in [-0.3, -0.25) is 4.98 Å². The summed E-state index contributed by atoms with van der Waals surface area (Å²) < 4.78 is 0. The largest absolute Gasteiger partial charge is 0.478 e. The molecule has 0 aliphatic carbocycles. The number of hydrogen-bond acceptors (Lipinski definition) is 2. The normalized spacial score (nSPS) is 11.0. The van der Waals surface area contributed by atoms with Crippen molar-refractivity contribution in [1.82, 2.24) is 4.98 Å². The average molecular weight is 291 g/mol. The molecule has 3 aromatic rings. The molecule has 0 fully saturated rings. The highest BCUT2D eigenvalue weighted by atomic mass is 16.4. The van der Waals surface area contributed by atoms with Gasteiger partial charge in [0.1, 0.15) is 0 Å². The van der Waals surface area contributed by atoms with E-state index in [0.29, 0.717) is 5.92 Å². The van der Waals surface area contributed by atoms with Gasteiger partial charge in [0, 0.05) is 11.6 Å². The highest BCUT2D eigenvalue weighted by Gasteiger charge is 2.07. The van der Waals surface area contributed by atoms with Gasteiger partial charge in [-0.05, 0) is 40.8 Å². The Morgan fingerprint density at radius 3 is 2.55 bits per heavy atom. The van der Waals surface area contributed by atoms with Crippen LogP contribution in [0.2, 0.25) is 0 Å². The number of fused-ring (bicyclic) bond motifs is 1. The van der Waals surface area contributed by atoms with E-state index in [1.54, 1.807) is 6.07 Å². The lowest BCUT2D eigenvalue weighted by Crippen LogP contribution is -1.97. The van der Waals surface area contributed by atoms with Crippen molar-refractivity contribution < 1.29 is 9.90 Å². The Labute approximate surface area is 129 Å². The molecule has 3 heteroatoms. The van der Waals surface area contributed by atoms with E-state index in [1.807, 2.05) is 18.2 Å². The van der Waals surface area contributed by atoms with Gasteiger partial charge in [-0.1, -0.05) is 44.2 Å². The fourth-order valence-corrected chi connectivity index (χ4v) is 2.51. The minimum atomic E-state index is -0.957. The van der Waals surface area contributed by atoms with Crippen LogP contribution in [0.3, 0.4) is 0 Å². The van der Waals surface area contributed by atoms with E-state index < -0.39 is 5.97 Å². The molecule has 2 aromatic carbocycles. The maximum Gasteiger partial charge on any atom is 0.337 e. The summed E-state index contributed by atoms with van der Waals surface area (Å²) in [4.78, 5) is 15.3. The molecule has 0 aliphatic rings. The van der Waals surface area contributed by atoms with Gasteiger partial charge >= 0.3 is 5.97 Å². The number of nitrogens with zero attached hydrogens (tertiary/aromatic N) is 1. The SMILES string of the molecule is CC(C)c1cccc(-c2ccc3ncc(C(=O)O)cc3c2)c1. The molecule has 1 heterocycles. The summed E-state index contributed by atoms with van der Waals surface area (Å²) in [5.74, 6) is -0.484. The number of aromatic carboxylic acids is 1. The number of hydrogen-bond donors (Lipinski definition) is 1. The third-order valence-corrected chi connectivity index (χ3v) is 3.81. The van der Waals surface area contributed by atoms with Gasteiger partial charge in [0.2, 0.25) is 0 Å². The Morgan fingerprint density at radius 1 is 1.05 bits per heavy atom. The third-order valence-electron chi connectivity index (χ3n) is 3.81. The highest BCUT2D eigenvalue weighted by Crippen LogP contribution is 2.27. The molecule has 0 atom stereocenters. The lowest BCUT2D eigenvalue weighted by molar-refractivity contribution is 0.0696. The van der Waals surface area contributed by atoms with Crippen molar-refractivity contribution in [2.45, 2.75) is 19.8 Å². The minimum absolute atomic E-state index is 0.209. The van der Waals surface area contributed by atoms with Crippen LogP contribution >= 0.6 is 0 Å². The van der Waals surface area contributed by atoms with Crippen molar-refractivity contribution in [3.63, 3.8) is 0 Å². The third kappa shape index (κ3) is 2.70. The lowest BCUT2D eigenvalue weighted by atomic mass is 9.96. The molecule has 0 radical (unpaired) electrons. The predicted octanol–water partition coefficient (Wildman–Crippen LogP) is 4.72. The second-order valence-corrected chi connectivity index (χ2v) is 5.72. The van der Waals surface area contributed by atoms with Crippen LogP contribution < -0.4 is 0 Å². The van der Waals surface area contributed by atoms with Crippen LogP contribution in [0.1, 0.15) is 35.7 Å². The van der Waals surface area contributed by atoms with Gasteiger partial charge in [0.05, 0.1) is 11.1 Å². The maximum absolute atomic E-state index is 11.1. The molecule has 0 amide bonds. The number of carboxylic acid groups (broad SMARTS) is 1. The molecular formula is C19H17NO2. The topological polar surface area (TPSA) is 50.2 Å². The Morgan fingerprint density at radius 2 is 1.82 bits per heavy atom. The minimum Gasteiger partial charge on any atom is -0.478 e. The molecule has 0 unspecified atom stereocenters. The number of rotatable bonds is 3. The summed E-state index contributed by atoms with van der Waals surface area (Å²) in [5, 5.41) is 9.93. The number of pyridine rings is 1. The molecule has 1 aromatic heterocycles. The van der Waals surface area contributed by atoms with Crippen molar-refractivity contribution in [3.05, 3.63) is 65.9 Å². The van der Waals surface area contributed by atoms with Crippen LogP contribution in [0.15, 0.2) is 54.7 Å². The lowest BCUT2D eigenvalue weighted by Gasteiger charge is -2.09. The molecular weight excluding hydrogens is 274 g/mol. The van der Waals surface area contributed by atoms with Crippen LogP contribution in [0, 0.1) is 0 Å². The van der Waals surface area contributed by atoms with E-state index in [1.165, 1.54) is 11.8 Å². The van der Waals surface area contributed by atoms with E-state index in [-0.39, 0.29) is 5.56 Å². The summed E-state index contributed by atoms with van der Waals surface area (Å²) in [7, 11) is 0. The molecule has 0 saturated heterocycles. The molecule has 0 spiro atoms. The van der Waals surface area contributed by atoms with Crippen LogP contribution in [-0.2, 0) is 0 Å². The number of carbonyl (C=O) groups is 1. The monoisotopic (exact) mass is 291 g/mol. The van der Waals surface area contributed by atoms with Crippen LogP contribution in [0.4, 0.5) is 0 Å². The number of aromatic nitrogens is 1. The van der Waals surface area contributed by atoms with Gasteiger partial charge in [-0.25, -0.2) is 4.79 Å². The molecule has 0 aliphatic heterocycles. The second kappa shape index (κ2) is 5.60. The van der Waals surface area contributed by atoms with Gasteiger partial charge in [-0.15, -0.1) is 0 Å². The van der Waals surface area contributed by atoms with Gasteiger partial charge in [0.25, 0.3) is 0 Å². The smallest absolute Gasteiger partial charge is 0.337 e. The number of benzene rings is 2. The summed E-state index contributed by atoms with van der Waals surface area (Å²) in [5.41, 5.74) is 4.50. The predicted molar refractivity (Wildman–Crippen MR) is 88.2 cm³/mol. The Hall–Kier alpha value is -2.68. The van der Waals surface area contributed by atoms with E-state index in [0.717, 1.165) is 22.0 Å². The van der Waals surface area contributed by atoms with Crippen molar-refractivity contribution in [3.8, 4) is 11.1 Å². The number of carboxylic acids is 1. The Balaban J connectivity index is 2.11. The first kappa shape index (κ1) is 14.3. The first-order valence-corrected chi connectivity index (χ1v) is 7.28. The zero-order chi connectivity index (χ0) is 15.7. The molecule has 1 N–H and O–H groups in total. The summed E-state index contributed by atoms with van der Waals surface area (Å²) in [6, 6.07) is 16.0. The first-order chi connectivity index (χ1) is 10.5. The summed E-state index contributed by atoms with van der Waals surface area (Å²) in [6.45, 7) is 4.34. The Kier molecular flexibility index (Phi) is 3.63. The van der Waals surface area contributed by atoms with Crippen molar-refractivity contribution in [2.24, 2.45) is 0 Å². The molecule has 3 nitrogen and oxygen atoms in total. The van der Waals surface area contributed by atoms with Crippen molar-refractivity contribution in [1.29, 1.82) is 0 Å². The highest BCUT2D eigenvalue weighted by molar-refractivity contribution is 5.93. The van der Waals surface area contributed by atoms with Crippen LogP contribution in [0.5, 0.6) is 0 Å². The fraction of sp³-hybridized carbons (Fsp3) is 0.158. The fourth-order valence-electron chi connectivity index (χ4n) is 2.51. The quantitative estimate of drug-likeness (QED) is 0.759. The van der Waals surface area contributed by atoms with Gasteiger partial charge in [0.15, 0.2) is 0 Å². The summed E-state index contributed by atoms with van der Waals surface area (Å²) in [6.07, 6.45) is 1.39. The molecule has 0 saturated carbocycles. The first-order valence-electron chi connectivity index (χ1n) is 7.28. The van der Waals surface area contributed by atoms with Gasteiger partial charge in [-0.2, -0.15) is 0 Å². The van der Waals surface area contributed by atoms with E-state index in [4.69, 9.17) is 5.11 Å². The van der Waals surface area contributed by atoms with Gasteiger partial charge < -0.3 is 5.11 Å². The molecule has 110 valence electrons. The second-order valence-electron chi connectivity index (χ2n) is 5.72. The van der Waals surface area contributed by atoms with Crippen LogP contribution in [0.25, 0.3) is 22.0 Å². The van der Waals surface area contributed by atoms with E-state index in [2.05, 4.69) is 43.1 Å². The Bertz CT molecular complexity index is 853. The zero-order valence-corrected chi connectivity index (χ0v) is 12.6. The molecule has 0 bridgehead atoms. The zero-order valence-electron chi connectivity index (χ0n) is 12.6. The molecule has 22 heavy (non-hydrogen) atoms.